The third-order valence-corrected chi connectivity index (χ3v) is 18.0. The van der Waals surface area contributed by atoms with Crippen LogP contribution in [0.3, 0.4) is 0 Å². The summed E-state index contributed by atoms with van der Waals surface area (Å²) in [5.74, 6) is -0.206. The number of para-hydroxylation sites is 1. The summed E-state index contributed by atoms with van der Waals surface area (Å²) >= 11 is 0. The van der Waals surface area contributed by atoms with Crippen LogP contribution in [0.25, 0.3) is 44.1 Å². The Bertz CT molecular complexity index is 3740. The Labute approximate surface area is 473 Å². The van der Waals surface area contributed by atoms with Gasteiger partial charge in [0.15, 0.2) is 0 Å². The highest BCUT2D eigenvalue weighted by molar-refractivity contribution is 6.14. The number of aromatic nitrogens is 2. The fourth-order valence-electron chi connectivity index (χ4n) is 14.3. The predicted molar refractivity (Wildman–Crippen MR) is 326 cm³/mol. The van der Waals surface area contributed by atoms with Crippen molar-refractivity contribution in [3.63, 3.8) is 0 Å². The molecule has 80 heavy (non-hydrogen) atoms. The summed E-state index contributed by atoms with van der Waals surface area (Å²) in [5, 5.41) is 2.36. The molecule has 2 saturated heterocycles. The van der Waals surface area contributed by atoms with Gasteiger partial charge < -0.3 is 28.6 Å². The monoisotopic (exact) mass is 1070 g/mol. The molecule has 0 N–H and O–H groups in total. The molecule has 0 aliphatic carbocycles. The number of amides is 3. The molecule has 6 aromatic carbocycles. The second-order valence-electron chi connectivity index (χ2n) is 26.1. The van der Waals surface area contributed by atoms with Gasteiger partial charge in [0.25, 0.3) is 0 Å². The number of hydrogen-bond donors (Lipinski definition) is 0. The number of nitrogens with zero attached hydrogens (tertiary/aromatic N) is 6. The minimum Gasteiger partial charge on any atom is -0.351 e. The van der Waals surface area contributed by atoms with E-state index in [0.29, 0.717) is 38.8 Å². The van der Waals surface area contributed by atoms with E-state index in [1.807, 2.05) is 59.7 Å². The second kappa shape index (κ2) is 20.1. The standard InChI is InChI=1S/C70H78N6O4/c1-45(2)63-69(44-77,31-35-74(63)62(78)43-67(4,5)6)57-38-47(23-28-58(57)73(12)54-19-15-17-50(39-54)52-26-24-48-29-33-71(10)60(48)41-52)37-46(3)64-70(32-36-75(64)65(79)68(7,8)9)56-21-13-14-22-59(56)76(66(70)80)55-20-16-18-51(40-55)53-27-25-49-30-34-72(11)61(49)42-53/h13-30,33-34,38-42,44-46,63-64H,31-32,35-37,43H2,1-12H3/t46?,63?,64?,69?,70-/m0/s1. The van der Waals surface area contributed by atoms with E-state index in [2.05, 4.69) is 204 Å². The van der Waals surface area contributed by atoms with Crippen molar-refractivity contribution in [3.05, 3.63) is 169 Å². The lowest BCUT2D eigenvalue weighted by atomic mass is 9.68. The molecule has 0 saturated carbocycles. The molecule has 3 aliphatic rings. The number of hydrogen-bond acceptors (Lipinski definition) is 5. The maximum atomic E-state index is 16.1. The van der Waals surface area contributed by atoms with Crippen molar-refractivity contribution in [1.29, 1.82) is 0 Å². The molecule has 10 heteroatoms. The summed E-state index contributed by atoms with van der Waals surface area (Å²) < 4.78 is 4.27. The smallest absolute Gasteiger partial charge is 0.244 e. The van der Waals surface area contributed by atoms with Crippen LogP contribution >= 0.6 is 0 Å². The van der Waals surface area contributed by atoms with E-state index in [-0.39, 0.29) is 35.0 Å². The van der Waals surface area contributed by atoms with Gasteiger partial charge in [0.2, 0.25) is 17.7 Å². The number of carbonyl (C=O) groups is 4. The van der Waals surface area contributed by atoms with Crippen molar-refractivity contribution in [2.75, 3.05) is 29.9 Å². The van der Waals surface area contributed by atoms with E-state index in [1.165, 1.54) is 10.8 Å². The van der Waals surface area contributed by atoms with Gasteiger partial charge in [-0.15, -0.1) is 0 Å². The fraction of sp³-hybridized carbons (Fsp3) is 0.371. The molecule has 10 nitrogen and oxygen atoms in total. The molecule has 5 heterocycles. The van der Waals surface area contributed by atoms with E-state index < -0.39 is 28.3 Å². The maximum Gasteiger partial charge on any atom is 0.244 e. The third kappa shape index (κ3) is 9.12. The Balaban J connectivity index is 1.01. The number of anilines is 4. The Morgan fingerprint density at radius 2 is 1.27 bits per heavy atom. The number of fused-ring (bicyclic) bond motifs is 4. The molecule has 4 unspecified atom stereocenters. The number of likely N-dealkylation sites (tertiary alicyclic amines) is 2. The first kappa shape index (κ1) is 54.2. The van der Waals surface area contributed by atoms with Gasteiger partial charge in [0.05, 0.1) is 28.6 Å². The summed E-state index contributed by atoms with van der Waals surface area (Å²) in [5.41, 5.74) is 9.84. The van der Waals surface area contributed by atoms with Gasteiger partial charge in [-0.25, -0.2) is 0 Å². The van der Waals surface area contributed by atoms with Gasteiger partial charge in [-0.1, -0.05) is 141 Å². The lowest BCUT2D eigenvalue weighted by Gasteiger charge is -2.41. The maximum absolute atomic E-state index is 16.1. The van der Waals surface area contributed by atoms with E-state index in [0.717, 1.165) is 79.0 Å². The average Bonchev–Trinajstić information content (AvgIpc) is 4.30. The van der Waals surface area contributed by atoms with Crippen LogP contribution in [0.15, 0.2) is 152 Å². The molecule has 0 radical (unpaired) electrons. The molecule has 5 atom stereocenters. The topological polar surface area (TPSA) is 91.1 Å². The first-order chi connectivity index (χ1) is 38.0. The van der Waals surface area contributed by atoms with Gasteiger partial charge in [0, 0.05) is 86.6 Å². The lowest BCUT2D eigenvalue weighted by Crippen LogP contribution is -2.55. The first-order valence-corrected chi connectivity index (χ1v) is 28.7. The Kier molecular flexibility index (Phi) is 13.6. The van der Waals surface area contributed by atoms with E-state index >= 15 is 4.79 Å². The zero-order valence-corrected chi connectivity index (χ0v) is 48.9. The van der Waals surface area contributed by atoms with Crippen LogP contribution in [0.1, 0.15) is 98.3 Å². The second-order valence-corrected chi connectivity index (χ2v) is 26.1. The Morgan fingerprint density at radius 1 is 0.662 bits per heavy atom. The number of rotatable bonds is 12. The normalized spacial score (nSPS) is 20.7. The average molecular weight is 1070 g/mol. The molecule has 8 aromatic rings. The van der Waals surface area contributed by atoms with Crippen molar-refractivity contribution in [2.24, 2.45) is 36.8 Å². The third-order valence-electron chi connectivity index (χ3n) is 18.0. The van der Waals surface area contributed by atoms with Crippen LogP contribution in [-0.4, -0.2) is 75.2 Å². The number of carbonyl (C=O) groups excluding carboxylic acids is 4. The van der Waals surface area contributed by atoms with Gasteiger partial charge in [-0.2, -0.15) is 0 Å². The molecule has 11 rings (SSSR count). The molecule has 2 aromatic heterocycles. The van der Waals surface area contributed by atoms with E-state index in [9.17, 15) is 14.4 Å². The minimum atomic E-state index is -1.04. The van der Waals surface area contributed by atoms with Gasteiger partial charge in [-0.3, -0.25) is 19.3 Å². The van der Waals surface area contributed by atoms with Crippen molar-refractivity contribution in [2.45, 2.75) is 111 Å². The summed E-state index contributed by atoms with van der Waals surface area (Å²) in [6.07, 6.45) is 7.16. The summed E-state index contributed by atoms with van der Waals surface area (Å²) in [4.78, 5) is 68.2. The Hall–Kier alpha value is -7.72. The van der Waals surface area contributed by atoms with Gasteiger partial charge in [-0.05, 0) is 147 Å². The van der Waals surface area contributed by atoms with Gasteiger partial charge in [0.1, 0.15) is 6.29 Å². The summed E-state index contributed by atoms with van der Waals surface area (Å²) in [6, 6.07) is 48.0. The SMILES string of the molecule is CC(C)C1N(C(=O)CC(C)(C)C)CCC1(C=O)c1cc(CC(C)C2N(C(=O)C(C)(C)C)CC[C@@]23C(=O)N(c2cccc(-c4ccc5ccn(C)c5c4)c2)c2ccccc23)ccc1N(C)c1cccc(-c2ccc3ccn(C)c3c2)c1. The van der Waals surface area contributed by atoms with E-state index in [4.69, 9.17) is 0 Å². The van der Waals surface area contributed by atoms with Gasteiger partial charge >= 0.3 is 0 Å². The fourth-order valence-corrected chi connectivity index (χ4v) is 14.3. The highest BCUT2D eigenvalue weighted by Crippen LogP contribution is 2.56. The number of aryl methyl sites for hydroxylation is 2. The predicted octanol–water partition coefficient (Wildman–Crippen LogP) is 14.3. The lowest BCUT2D eigenvalue weighted by molar-refractivity contribution is -0.142. The van der Waals surface area contributed by atoms with Crippen LogP contribution in [0.4, 0.5) is 22.7 Å². The molecule has 412 valence electrons. The first-order valence-electron chi connectivity index (χ1n) is 28.7. The van der Waals surface area contributed by atoms with Crippen LogP contribution < -0.4 is 9.80 Å². The molecule has 3 aliphatic heterocycles. The molecule has 1 spiro atoms. The van der Waals surface area contributed by atoms with Crippen LogP contribution in [0.2, 0.25) is 0 Å². The molecule has 0 bridgehead atoms. The molecule has 2 fully saturated rings. The quantitative estimate of drug-likeness (QED) is 0.114. The van der Waals surface area contributed by atoms with Crippen LogP contribution in [0, 0.1) is 22.7 Å². The van der Waals surface area contributed by atoms with Crippen molar-refractivity contribution >= 4 is 68.6 Å². The zero-order chi connectivity index (χ0) is 56.8. The molecule has 3 amide bonds. The van der Waals surface area contributed by atoms with Crippen molar-refractivity contribution < 1.29 is 19.2 Å². The minimum absolute atomic E-state index is 0.0159. The van der Waals surface area contributed by atoms with E-state index in [1.54, 1.807) is 0 Å². The molecular weight excluding hydrogens is 989 g/mol. The van der Waals surface area contributed by atoms with Crippen molar-refractivity contribution in [1.82, 2.24) is 18.9 Å². The largest absolute Gasteiger partial charge is 0.351 e. The molecular formula is C70H78N6O4. The van der Waals surface area contributed by atoms with Crippen molar-refractivity contribution in [3.8, 4) is 22.3 Å². The highest BCUT2D eigenvalue weighted by Gasteiger charge is 2.63. The van der Waals surface area contributed by atoms with Crippen LogP contribution in [0.5, 0.6) is 0 Å². The number of benzene rings is 6. The number of aldehydes is 1. The highest BCUT2D eigenvalue weighted by atomic mass is 16.2. The summed E-state index contributed by atoms with van der Waals surface area (Å²) in [7, 11) is 6.20. The zero-order valence-electron chi connectivity index (χ0n) is 48.9. The summed E-state index contributed by atoms with van der Waals surface area (Å²) in [6.45, 7) is 19.5. The Morgan fingerprint density at radius 3 is 1.90 bits per heavy atom. The van der Waals surface area contributed by atoms with Crippen LogP contribution in [-0.2, 0) is 50.5 Å².